The summed E-state index contributed by atoms with van der Waals surface area (Å²) in [6.45, 7) is 0.00546. The summed E-state index contributed by atoms with van der Waals surface area (Å²) in [6, 6.07) is 7.62. The van der Waals surface area contributed by atoms with Gasteiger partial charge < -0.3 is 10.5 Å². The molecule has 0 saturated heterocycles. The van der Waals surface area contributed by atoms with Crippen LogP contribution in [0.5, 0.6) is 0 Å². The van der Waals surface area contributed by atoms with Crippen molar-refractivity contribution in [3.8, 4) is 0 Å². The topological polar surface area (TPSA) is 104 Å². The van der Waals surface area contributed by atoms with Gasteiger partial charge in [0.05, 0.1) is 28.4 Å². The van der Waals surface area contributed by atoms with Gasteiger partial charge in [-0.2, -0.15) is 0 Å². The van der Waals surface area contributed by atoms with Gasteiger partial charge in [-0.3, -0.25) is 9.78 Å². The second-order valence-electron chi connectivity index (χ2n) is 7.06. The number of hydrogen-bond donors (Lipinski definition) is 1. The zero-order valence-corrected chi connectivity index (χ0v) is 17.8. The second-order valence-corrected chi connectivity index (χ2v) is 9.14. The third-order valence-electron chi connectivity index (χ3n) is 5.02. The van der Waals surface area contributed by atoms with Gasteiger partial charge in [-0.15, -0.1) is 11.3 Å². The summed E-state index contributed by atoms with van der Waals surface area (Å²) in [5, 5.41) is 1.66. The lowest BCUT2D eigenvalue weighted by atomic mass is 9.97. The highest BCUT2D eigenvalue weighted by Gasteiger charge is 2.20. The molecule has 0 radical (unpaired) electrons. The monoisotopic (exact) mass is 437 g/mol. The predicted octanol–water partition coefficient (Wildman–Crippen LogP) is 3.93. The maximum Gasteiger partial charge on any atom is 0.316 e. The normalized spacial score (nSPS) is 13.5. The van der Waals surface area contributed by atoms with Crippen LogP contribution in [0.2, 0.25) is 0 Å². The number of thioether (sulfide) groups is 1. The molecule has 7 nitrogen and oxygen atoms in total. The van der Waals surface area contributed by atoms with Crippen molar-refractivity contribution in [2.24, 2.45) is 0 Å². The first-order chi connectivity index (χ1) is 14.7. The van der Waals surface area contributed by atoms with E-state index < -0.39 is 0 Å². The average Bonchev–Trinajstić information content (AvgIpc) is 3.15. The van der Waals surface area contributed by atoms with Gasteiger partial charge in [0.1, 0.15) is 15.7 Å². The zero-order chi connectivity index (χ0) is 20.5. The number of anilines is 1. The molecule has 2 N–H and O–H groups in total. The highest BCUT2D eigenvalue weighted by Crippen LogP contribution is 2.37. The molecule has 0 bridgehead atoms. The number of nitrogens with two attached hydrogens (primary N) is 1. The molecule has 152 valence electrons. The van der Waals surface area contributed by atoms with E-state index in [2.05, 4.69) is 19.9 Å². The van der Waals surface area contributed by atoms with Crippen molar-refractivity contribution in [1.29, 1.82) is 0 Å². The second kappa shape index (κ2) is 8.16. The van der Waals surface area contributed by atoms with Crippen molar-refractivity contribution in [3.05, 3.63) is 46.7 Å². The number of carbonyl (C=O) groups is 1. The smallest absolute Gasteiger partial charge is 0.316 e. The van der Waals surface area contributed by atoms with Crippen LogP contribution in [0.4, 0.5) is 5.82 Å². The molecule has 0 unspecified atom stereocenters. The number of ether oxygens (including phenoxy) is 1. The Bertz CT molecular complexity index is 1260. The summed E-state index contributed by atoms with van der Waals surface area (Å²) < 4.78 is 5.36. The molecule has 0 spiro atoms. The van der Waals surface area contributed by atoms with Gasteiger partial charge in [-0.05, 0) is 43.4 Å². The van der Waals surface area contributed by atoms with Gasteiger partial charge in [0, 0.05) is 4.88 Å². The lowest BCUT2D eigenvalue weighted by Gasteiger charge is -2.10. The lowest BCUT2D eigenvalue weighted by Crippen LogP contribution is -2.10. The summed E-state index contributed by atoms with van der Waals surface area (Å²) in [7, 11) is 0. The van der Waals surface area contributed by atoms with E-state index in [-0.39, 0.29) is 18.3 Å². The van der Waals surface area contributed by atoms with E-state index in [1.807, 2.05) is 24.3 Å². The average molecular weight is 438 g/mol. The Morgan fingerprint density at radius 1 is 1.13 bits per heavy atom. The van der Waals surface area contributed by atoms with E-state index in [4.69, 9.17) is 10.5 Å². The molecule has 4 aromatic rings. The van der Waals surface area contributed by atoms with Crippen LogP contribution in [0, 0.1) is 0 Å². The van der Waals surface area contributed by atoms with Crippen LogP contribution in [-0.2, 0) is 29.0 Å². The van der Waals surface area contributed by atoms with Crippen LogP contribution < -0.4 is 5.73 Å². The maximum absolute atomic E-state index is 12.2. The van der Waals surface area contributed by atoms with Gasteiger partial charge in [0.2, 0.25) is 0 Å². The number of nitrogens with zero attached hydrogens (tertiary/aromatic N) is 4. The summed E-state index contributed by atoms with van der Waals surface area (Å²) in [5.74, 6) is 0.689. The fraction of sp³-hybridized carbons (Fsp3) is 0.286. The van der Waals surface area contributed by atoms with Crippen molar-refractivity contribution in [1.82, 2.24) is 19.9 Å². The van der Waals surface area contributed by atoms with Crippen molar-refractivity contribution in [3.63, 3.8) is 0 Å². The van der Waals surface area contributed by atoms with Crippen LogP contribution in [0.1, 0.15) is 29.1 Å². The number of aryl methyl sites for hydroxylation is 2. The third-order valence-corrected chi connectivity index (χ3v) is 7.07. The molecule has 0 amide bonds. The molecular weight excluding hydrogens is 418 g/mol. The van der Waals surface area contributed by atoms with Crippen LogP contribution >= 0.6 is 23.1 Å². The minimum Gasteiger partial charge on any atom is -0.457 e. The number of para-hydroxylation sites is 2. The van der Waals surface area contributed by atoms with Gasteiger partial charge in [-0.25, -0.2) is 15.0 Å². The first-order valence-electron chi connectivity index (χ1n) is 9.74. The summed E-state index contributed by atoms with van der Waals surface area (Å²) in [5.41, 5.74) is 9.13. The van der Waals surface area contributed by atoms with E-state index >= 15 is 0 Å². The molecular formula is C21H19N5O2S2. The quantitative estimate of drug-likeness (QED) is 0.370. The number of aromatic nitrogens is 4. The molecule has 0 saturated carbocycles. The van der Waals surface area contributed by atoms with Gasteiger partial charge in [-0.1, -0.05) is 23.9 Å². The van der Waals surface area contributed by atoms with E-state index in [9.17, 15) is 4.79 Å². The van der Waals surface area contributed by atoms with E-state index in [0.29, 0.717) is 16.7 Å². The Balaban J connectivity index is 1.23. The summed E-state index contributed by atoms with van der Waals surface area (Å²) >= 11 is 2.97. The number of esters is 1. The Morgan fingerprint density at radius 3 is 2.87 bits per heavy atom. The number of carbonyl (C=O) groups excluding carboxylic acids is 1. The number of thiophene rings is 1. The molecule has 0 atom stereocenters. The molecule has 30 heavy (non-hydrogen) atoms. The Labute approximate surface area is 181 Å². The summed E-state index contributed by atoms with van der Waals surface area (Å²) in [6.07, 6.45) is 6.16. The van der Waals surface area contributed by atoms with E-state index in [1.54, 1.807) is 17.5 Å². The number of nitrogen functional groups attached to an aromatic ring is 1. The fourth-order valence-electron chi connectivity index (χ4n) is 3.63. The van der Waals surface area contributed by atoms with Crippen LogP contribution in [-0.4, -0.2) is 31.7 Å². The van der Waals surface area contributed by atoms with E-state index in [1.165, 1.54) is 35.0 Å². The standard InChI is InChI=1S/C21H19N5O2S2/c22-20-19-12-5-1-4-8-15(12)30-21(19)26-16(25-20)10-28-18(27)11-29-17-9-23-13-6-2-3-7-14(13)24-17/h2-3,6-7,9H,1,4-5,8,10-11H2,(H2,22,25,26). The number of benzene rings is 1. The van der Waals surface area contributed by atoms with Gasteiger partial charge >= 0.3 is 5.97 Å². The van der Waals surface area contributed by atoms with Crippen LogP contribution in [0.15, 0.2) is 35.5 Å². The molecule has 3 heterocycles. The predicted molar refractivity (Wildman–Crippen MR) is 119 cm³/mol. The Kier molecular flexibility index (Phi) is 5.22. The SMILES string of the molecule is Nc1nc(COC(=O)CSc2cnc3ccccc3n2)nc2sc3c(c12)CCCC3. The van der Waals surface area contributed by atoms with Crippen LogP contribution in [0.3, 0.4) is 0 Å². The van der Waals surface area contributed by atoms with Crippen molar-refractivity contribution >= 4 is 56.1 Å². The molecule has 9 heteroatoms. The van der Waals surface area contributed by atoms with Crippen molar-refractivity contribution < 1.29 is 9.53 Å². The number of fused-ring (bicyclic) bond motifs is 4. The fourth-order valence-corrected chi connectivity index (χ4v) is 5.55. The molecule has 1 aliphatic rings. The van der Waals surface area contributed by atoms with Crippen molar-refractivity contribution in [2.45, 2.75) is 37.3 Å². The number of rotatable bonds is 5. The molecule has 0 fully saturated rings. The molecule has 1 aliphatic carbocycles. The minimum absolute atomic E-state index is 0.00546. The van der Waals surface area contributed by atoms with Crippen molar-refractivity contribution in [2.75, 3.05) is 11.5 Å². The third kappa shape index (κ3) is 3.82. The zero-order valence-electron chi connectivity index (χ0n) is 16.1. The van der Waals surface area contributed by atoms with E-state index in [0.717, 1.165) is 34.1 Å². The highest BCUT2D eigenvalue weighted by molar-refractivity contribution is 7.99. The number of hydrogen-bond acceptors (Lipinski definition) is 9. The maximum atomic E-state index is 12.2. The first-order valence-corrected chi connectivity index (χ1v) is 11.5. The highest BCUT2D eigenvalue weighted by atomic mass is 32.2. The lowest BCUT2D eigenvalue weighted by molar-refractivity contribution is -0.141. The first kappa shape index (κ1) is 19.2. The minimum atomic E-state index is -0.359. The molecule has 5 rings (SSSR count). The Hall–Kier alpha value is -2.78. The van der Waals surface area contributed by atoms with Crippen LogP contribution in [0.25, 0.3) is 21.3 Å². The molecule has 0 aliphatic heterocycles. The van der Waals surface area contributed by atoms with Gasteiger partial charge in [0.25, 0.3) is 0 Å². The summed E-state index contributed by atoms with van der Waals surface area (Å²) in [4.78, 5) is 32.2. The molecule has 1 aromatic carbocycles. The molecule has 3 aromatic heterocycles. The largest absolute Gasteiger partial charge is 0.457 e. The van der Waals surface area contributed by atoms with Gasteiger partial charge in [0.15, 0.2) is 12.4 Å². The Morgan fingerprint density at radius 2 is 1.97 bits per heavy atom.